The van der Waals surface area contributed by atoms with Crippen LogP contribution < -0.4 is 0 Å². The van der Waals surface area contributed by atoms with Crippen molar-refractivity contribution in [2.45, 2.75) is 25.9 Å². The fourth-order valence-corrected chi connectivity index (χ4v) is 2.29. The summed E-state index contributed by atoms with van der Waals surface area (Å²) >= 11 is 0. The van der Waals surface area contributed by atoms with E-state index in [4.69, 9.17) is 9.94 Å². The highest BCUT2D eigenvalue weighted by Gasteiger charge is 2.14. The molecule has 0 unspecified atom stereocenters. The van der Waals surface area contributed by atoms with Crippen molar-refractivity contribution >= 4 is 5.71 Å². The van der Waals surface area contributed by atoms with Crippen molar-refractivity contribution in [3.05, 3.63) is 35.9 Å². The Kier molecular flexibility index (Phi) is 5.85. The molecule has 0 aromatic heterocycles. The lowest BCUT2D eigenvalue weighted by Crippen LogP contribution is -2.35. The third-order valence-electron chi connectivity index (χ3n) is 3.45. The van der Waals surface area contributed by atoms with Crippen LogP contribution >= 0.6 is 0 Å². The average molecular weight is 262 g/mol. The molecule has 0 radical (unpaired) electrons. The van der Waals surface area contributed by atoms with Crippen LogP contribution in [0.2, 0.25) is 0 Å². The molecule has 0 spiro atoms. The maximum Gasteiger partial charge on any atom is 0.0716 e. The summed E-state index contributed by atoms with van der Waals surface area (Å²) in [6.07, 6.45) is 2.83. The van der Waals surface area contributed by atoms with E-state index in [0.29, 0.717) is 6.61 Å². The summed E-state index contributed by atoms with van der Waals surface area (Å²) < 4.78 is 5.66. The molecule has 1 fully saturated rings. The monoisotopic (exact) mass is 262 g/mol. The van der Waals surface area contributed by atoms with Crippen molar-refractivity contribution in [3.63, 3.8) is 0 Å². The first kappa shape index (κ1) is 14.0. The second kappa shape index (κ2) is 7.92. The van der Waals surface area contributed by atoms with E-state index in [1.165, 1.54) is 5.56 Å². The van der Waals surface area contributed by atoms with Crippen LogP contribution in [0, 0.1) is 0 Å². The predicted octanol–water partition coefficient (Wildman–Crippen LogP) is 2.52. The van der Waals surface area contributed by atoms with Crippen LogP contribution in [0.15, 0.2) is 35.5 Å². The summed E-state index contributed by atoms with van der Waals surface area (Å²) in [5.74, 6) is 0. The second-order valence-corrected chi connectivity index (χ2v) is 4.90. The van der Waals surface area contributed by atoms with Crippen molar-refractivity contribution < 1.29 is 9.94 Å². The first-order valence-corrected chi connectivity index (χ1v) is 6.92. The molecule has 0 saturated carbocycles. The quantitative estimate of drug-likeness (QED) is 0.487. The molecule has 19 heavy (non-hydrogen) atoms. The third-order valence-corrected chi connectivity index (χ3v) is 3.45. The predicted molar refractivity (Wildman–Crippen MR) is 75.6 cm³/mol. The molecule has 1 heterocycles. The number of piperidine rings is 1. The van der Waals surface area contributed by atoms with Gasteiger partial charge >= 0.3 is 0 Å². The number of hydrogen-bond acceptors (Lipinski definition) is 4. The van der Waals surface area contributed by atoms with Crippen LogP contribution in [0.1, 0.15) is 24.8 Å². The Morgan fingerprint density at radius 2 is 1.89 bits per heavy atom. The van der Waals surface area contributed by atoms with Gasteiger partial charge in [0.15, 0.2) is 0 Å². The highest BCUT2D eigenvalue weighted by molar-refractivity contribution is 5.84. The lowest BCUT2D eigenvalue weighted by Gasteiger charge is -2.26. The van der Waals surface area contributed by atoms with Crippen molar-refractivity contribution in [1.29, 1.82) is 0 Å². The van der Waals surface area contributed by atoms with E-state index >= 15 is 0 Å². The van der Waals surface area contributed by atoms with Crippen LogP contribution in [0.4, 0.5) is 0 Å². The van der Waals surface area contributed by atoms with Gasteiger partial charge in [-0.05, 0) is 12.0 Å². The normalized spacial score (nSPS) is 16.5. The van der Waals surface area contributed by atoms with E-state index in [1.54, 1.807) is 0 Å². The third kappa shape index (κ3) is 5.01. The molecule has 1 saturated heterocycles. The molecule has 2 rings (SSSR count). The van der Waals surface area contributed by atoms with Crippen LogP contribution in [-0.4, -0.2) is 42.1 Å². The minimum absolute atomic E-state index is 0.697. The number of oxime groups is 1. The van der Waals surface area contributed by atoms with Gasteiger partial charge in [-0.2, -0.15) is 0 Å². The Bertz CT molecular complexity index is 382. The Hall–Kier alpha value is -1.39. The van der Waals surface area contributed by atoms with E-state index < -0.39 is 0 Å². The van der Waals surface area contributed by atoms with Crippen LogP contribution in [-0.2, 0) is 11.3 Å². The number of likely N-dealkylation sites (tertiary alicyclic amines) is 1. The van der Waals surface area contributed by atoms with E-state index in [1.807, 2.05) is 18.2 Å². The van der Waals surface area contributed by atoms with Crippen LogP contribution in [0.25, 0.3) is 0 Å². The van der Waals surface area contributed by atoms with Crippen LogP contribution in [0.5, 0.6) is 0 Å². The molecule has 0 bridgehead atoms. The maximum atomic E-state index is 8.68. The molecule has 1 aliphatic heterocycles. The van der Waals surface area contributed by atoms with Crippen LogP contribution in [0.3, 0.4) is 0 Å². The number of nitrogens with zero attached hydrogens (tertiary/aromatic N) is 2. The van der Waals surface area contributed by atoms with Gasteiger partial charge in [0.05, 0.1) is 12.3 Å². The van der Waals surface area contributed by atoms with Gasteiger partial charge < -0.3 is 14.8 Å². The van der Waals surface area contributed by atoms with Gasteiger partial charge in [-0.1, -0.05) is 35.5 Å². The summed E-state index contributed by atoms with van der Waals surface area (Å²) in [6.45, 7) is 4.55. The minimum atomic E-state index is 0.697. The van der Waals surface area contributed by atoms with Gasteiger partial charge in [0.25, 0.3) is 0 Å². The number of hydrogen-bond donors (Lipinski definition) is 1. The Balaban J connectivity index is 1.53. The zero-order valence-corrected chi connectivity index (χ0v) is 11.3. The molecule has 1 aromatic rings. The zero-order valence-electron chi connectivity index (χ0n) is 11.3. The van der Waals surface area contributed by atoms with Gasteiger partial charge in [0.1, 0.15) is 0 Å². The molecule has 1 aromatic carbocycles. The highest BCUT2D eigenvalue weighted by Crippen LogP contribution is 2.08. The molecule has 104 valence electrons. The van der Waals surface area contributed by atoms with Crippen molar-refractivity contribution in [1.82, 2.24) is 4.90 Å². The SMILES string of the molecule is ON=C1CCN(CCCOCc2ccccc2)CC1. The maximum absolute atomic E-state index is 8.68. The van der Waals surface area contributed by atoms with Crippen molar-refractivity contribution in [3.8, 4) is 0 Å². The van der Waals surface area contributed by atoms with Gasteiger partial charge in [0.2, 0.25) is 0 Å². The fourth-order valence-electron chi connectivity index (χ4n) is 2.29. The molecule has 0 aliphatic carbocycles. The molecular weight excluding hydrogens is 240 g/mol. The van der Waals surface area contributed by atoms with Gasteiger partial charge in [-0.15, -0.1) is 0 Å². The minimum Gasteiger partial charge on any atom is -0.411 e. The summed E-state index contributed by atoms with van der Waals surface area (Å²) in [6, 6.07) is 10.3. The summed E-state index contributed by atoms with van der Waals surface area (Å²) in [5, 5.41) is 12.0. The lowest BCUT2D eigenvalue weighted by molar-refractivity contribution is 0.108. The Labute approximate surface area is 114 Å². The lowest BCUT2D eigenvalue weighted by atomic mass is 10.1. The zero-order chi connectivity index (χ0) is 13.3. The van der Waals surface area contributed by atoms with E-state index in [9.17, 15) is 0 Å². The molecule has 4 nitrogen and oxygen atoms in total. The van der Waals surface area contributed by atoms with Gasteiger partial charge in [0, 0.05) is 39.1 Å². The summed E-state index contributed by atoms with van der Waals surface area (Å²) in [4.78, 5) is 2.40. The second-order valence-electron chi connectivity index (χ2n) is 4.90. The molecular formula is C15H22N2O2. The van der Waals surface area contributed by atoms with E-state index in [2.05, 4.69) is 22.2 Å². The molecule has 0 atom stereocenters. The van der Waals surface area contributed by atoms with E-state index in [-0.39, 0.29) is 0 Å². The summed E-state index contributed by atoms with van der Waals surface area (Å²) in [5.41, 5.74) is 2.15. The van der Waals surface area contributed by atoms with Crippen molar-refractivity contribution in [2.24, 2.45) is 5.16 Å². The van der Waals surface area contributed by atoms with Gasteiger partial charge in [-0.3, -0.25) is 0 Å². The average Bonchev–Trinajstić information content (AvgIpc) is 2.49. The highest BCUT2D eigenvalue weighted by atomic mass is 16.5. The molecule has 1 aliphatic rings. The summed E-state index contributed by atoms with van der Waals surface area (Å²) in [7, 11) is 0. The first-order valence-electron chi connectivity index (χ1n) is 6.92. The molecule has 0 amide bonds. The smallest absolute Gasteiger partial charge is 0.0716 e. The van der Waals surface area contributed by atoms with Crippen molar-refractivity contribution in [2.75, 3.05) is 26.2 Å². The fraction of sp³-hybridized carbons (Fsp3) is 0.533. The number of ether oxygens (including phenoxy) is 1. The standard InChI is InChI=1S/C15H22N2O2/c18-16-15-7-10-17(11-8-15)9-4-12-19-13-14-5-2-1-3-6-14/h1-3,5-6,18H,4,7-13H2. The molecule has 1 N–H and O–H groups in total. The Morgan fingerprint density at radius 3 is 2.58 bits per heavy atom. The largest absolute Gasteiger partial charge is 0.411 e. The first-order chi connectivity index (χ1) is 9.38. The number of benzene rings is 1. The molecule has 4 heteroatoms. The topological polar surface area (TPSA) is 45.1 Å². The number of rotatable bonds is 6. The Morgan fingerprint density at radius 1 is 1.16 bits per heavy atom. The van der Waals surface area contributed by atoms with Gasteiger partial charge in [-0.25, -0.2) is 0 Å². The van der Waals surface area contributed by atoms with E-state index in [0.717, 1.165) is 51.2 Å².